The van der Waals surface area contributed by atoms with Gasteiger partial charge in [0.15, 0.2) is 9.84 Å². The molecule has 86 valence electrons. The Balaban J connectivity index is 3.83. The van der Waals surface area contributed by atoms with Crippen LogP contribution >= 0.6 is 0 Å². The zero-order valence-corrected chi connectivity index (χ0v) is 10.0. The van der Waals surface area contributed by atoms with Gasteiger partial charge in [-0.25, -0.2) is 8.42 Å². The van der Waals surface area contributed by atoms with Gasteiger partial charge in [0.1, 0.15) is 0 Å². The first kappa shape index (κ1) is 13.9. The van der Waals surface area contributed by atoms with Gasteiger partial charge in [0.2, 0.25) is 0 Å². The quantitative estimate of drug-likeness (QED) is 0.632. The Labute approximate surface area is 87.4 Å². The lowest BCUT2D eigenvalue weighted by Gasteiger charge is -2.19. The van der Waals surface area contributed by atoms with Crippen LogP contribution in [0.5, 0.6) is 0 Å². The third-order valence-electron chi connectivity index (χ3n) is 2.28. The van der Waals surface area contributed by atoms with Gasteiger partial charge in [-0.05, 0) is 26.1 Å². The van der Waals surface area contributed by atoms with Crippen LogP contribution in [-0.2, 0) is 9.84 Å². The molecule has 0 bridgehead atoms. The number of sulfone groups is 1. The molecule has 0 fully saturated rings. The Morgan fingerprint density at radius 1 is 1.21 bits per heavy atom. The minimum atomic E-state index is -2.82. The summed E-state index contributed by atoms with van der Waals surface area (Å²) in [7, 11) is -2.82. The molecule has 0 unspecified atom stereocenters. The maximum atomic E-state index is 11.2. The van der Waals surface area contributed by atoms with E-state index in [0.717, 1.165) is 19.5 Å². The van der Waals surface area contributed by atoms with Gasteiger partial charge >= 0.3 is 0 Å². The molecule has 0 radical (unpaired) electrons. The summed E-state index contributed by atoms with van der Waals surface area (Å²) in [4.78, 5) is 2.13. The molecule has 2 N–H and O–H groups in total. The fourth-order valence-corrected chi connectivity index (χ4v) is 1.98. The summed E-state index contributed by atoms with van der Waals surface area (Å²) in [6.45, 7) is 6.80. The molecule has 0 heterocycles. The highest BCUT2D eigenvalue weighted by molar-refractivity contribution is 7.91. The minimum absolute atomic E-state index is 0.238. The van der Waals surface area contributed by atoms with Gasteiger partial charge < -0.3 is 10.6 Å². The maximum Gasteiger partial charge on any atom is 0.151 e. The smallest absolute Gasteiger partial charge is 0.151 e. The van der Waals surface area contributed by atoms with Crippen LogP contribution in [0.15, 0.2) is 0 Å². The van der Waals surface area contributed by atoms with Crippen LogP contribution in [0.1, 0.15) is 20.3 Å². The van der Waals surface area contributed by atoms with Crippen LogP contribution in [0.2, 0.25) is 0 Å². The number of nitrogens with two attached hydrogens (primary N) is 1. The third-order valence-corrected chi connectivity index (χ3v) is 3.97. The minimum Gasteiger partial charge on any atom is -0.330 e. The first-order valence-corrected chi connectivity index (χ1v) is 7.00. The van der Waals surface area contributed by atoms with Crippen LogP contribution < -0.4 is 5.73 Å². The predicted octanol–water partition coefficient (Wildman–Crippen LogP) is 0.0918. The van der Waals surface area contributed by atoms with Crippen LogP contribution in [0, 0.1) is 0 Å². The normalized spacial score (nSPS) is 12.3. The Bertz CT molecular complexity index is 227. The van der Waals surface area contributed by atoms with Crippen molar-refractivity contribution < 1.29 is 8.42 Å². The van der Waals surface area contributed by atoms with E-state index in [9.17, 15) is 8.42 Å². The topological polar surface area (TPSA) is 63.4 Å². The van der Waals surface area contributed by atoms with Crippen molar-refractivity contribution in [3.63, 3.8) is 0 Å². The predicted molar refractivity (Wildman–Crippen MR) is 60.1 cm³/mol. The summed E-state index contributed by atoms with van der Waals surface area (Å²) in [5.74, 6) is 0.503. The lowest BCUT2D eigenvalue weighted by molar-refractivity contribution is 0.302. The van der Waals surface area contributed by atoms with Crippen LogP contribution in [0.25, 0.3) is 0 Å². The molecule has 0 atom stereocenters. The van der Waals surface area contributed by atoms with Crippen LogP contribution in [0.4, 0.5) is 0 Å². The average Bonchev–Trinajstić information content (AvgIpc) is 2.18. The van der Waals surface area contributed by atoms with E-state index in [1.807, 2.05) is 6.92 Å². The van der Waals surface area contributed by atoms with Crippen molar-refractivity contribution in [2.24, 2.45) is 5.73 Å². The van der Waals surface area contributed by atoms with E-state index in [1.54, 1.807) is 6.92 Å². The molecular formula is C9H22N2O2S. The largest absolute Gasteiger partial charge is 0.330 e. The molecule has 0 saturated carbocycles. The van der Waals surface area contributed by atoms with Crippen molar-refractivity contribution in [2.75, 3.05) is 37.7 Å². The molecule has 4 nitrogen and oxygen atoms in total. The molecule has 0 aliphatic rings. The van der Waals surface area contributed by atoms with E-state index in [0.29, 0.717) is 13.1 Å². The molecule has 0 aromatic heterocycles. The molecular weight excluding hydrogens is 200 g/mol. The molecule has 0 aromatic carbocycles. The highest BCUT2D eigenvalue weighted by atomic mass is 32.2. The summed E-state index contributed by atoms with van der Waals surface area (Å²) < 4.78 is 22.5. The van der Waals surface area contributed by atoms with Gasteiger partial charge in [-0.15, -0.1) is 0 Å². The van der Waals surface area contributed by atoms with Crippen molar-refractivity contribution >= 4 is 9.84 Å². The second-order valence-corrected chi connectivity index (χ2v) is 5.79. The fourth-order valence-electron chi connectivity index (χ4n) is 1.16. The molecule has 0 rings (SSSR count). The third kappa shape index (κ3) is 6.34. The zero-order chi connectivity index (χ0) is 11.0. The molecule has 14 heavy (non-hydrogen) atoms. The molecule has 0 aromatic rings. The number of hydrogen-bond donors (Lipinski definition) is 1. The van der Waals surface area contributed by atoms with Gasteiger partial charge in [0, 0.05) is 12.3 Å². The first-order chi connectivity index (χ1) is 6.55. The monoisotopic (exact) mass is 222 g/mol. The van der Waals surface area contributed by atoms with Gasteiger partial charge in [0.25, 0.3) is 0 Å². The summed E-state index contributed by atoms with van der Waals surface area (Å²) in [5, 5.41) is 0. The average molecular weight is 222 g/mol. The number of rotatable bonds is 8. The Kier molecular flexibility index (Phi) is 7.13. The summed E-state index contributed by atoms with van der Waals surface area (Å²) in [6.07, 6.45) is 0.931. The molecule has 5 heteroatoms. The lowest BCUT2D eigenvalue weighted by Crippen LogP contribution is -2.31. The van der Waals surface area contributed by atoms with Crippen molar-refractivity contribution in [1.29, 1.82) is 0 Å². The Morgan fingerprint density at radius 3 is 2.29 bits per heavy atom. The van der Waals surface area contributed by atoms with Crippen molar-refractivity contribution in [1.82, 2.24) is 4.90 Å². The van der Waals surface area contributed by atoms with Crippen LogP contribution in [-0.4, -0.2) is 51.0 Å². The van der Waals surface area contributed by atoms with E-state index in [1.165, 1.54) is 0 Å². The van der Waals surface area contributed by atoms with Crippen molar-refractivity contribution in [3.05, 3.63) is 0 Å². The van der Waals surface area contributed by atoms with Gasteiger partial charge in [-0.1, -0.05) is 13.8 Å². The van der Waals surface area contributed by atoms with E-state index in [2.05, 4.69) is 4.90 Å². The van der Waals surface area contributed by atoms with Crippen LogP contribution in [0.3, 0.4) is 0 Å². The Hall–Kier alpha value is -0.130. The second-order valence-electron chi connectivity index (χ2n) is 3.31. The molecule has 0 amide bonds. The van der Waals surface area contributed by atoms with E-state index < -0.39 is 9.84 Å². The standard InChI is InChI=1S/C9H22N2O2S/c1-3-11(7-5-6-10)8-9-14(12,13)4-2/h3-10H2,1-2H3. The number of nitrogens with zero attached hydrogens (tertiary/aromatic N) is 1. The van der Waals surface area contributed by atoms with E-state index in [-0.39, 0.29) is 11.5 Å². The SMILES string of the molecule is CCN(CCCN)CCS(=O)(=O)CC. The van der Waals surface area contributed by atoms with E-state index >= 15 is 0 Å². The van der Waals surface area contributed by atoms with Gasteiger partial charge in [-0.2, -0.15) is 0 Å². The highest BCUT2D eigenvalue weighted by Crippen LogP contribution is 1.95. The maximum absolute atomic E-state index is 11.2. The summed E-state index contributed by atoms with van der Waals surface area (Å²) in [6, 6.07) is 0. The summed E-state index contributed by atoms with van der Waals surface area (Å²) >= 11 is 0. The van der Waals surface area contributed by atoms with E-state index in [4.69, 9.17) is 5.73 Å². The number of hydrogen-bond acceptors (Lipinski definition) is 4. The molecule has 0 aliphatic heterocycles. The second kappa shape index (κ2) is 7.20. The molecule has 0 spiro atoms. The van der Waals surface area contributed by atoms with Gasteiger partial charge in [-0.3, -0.25) is 0 Å². The Morgan fingerprint density at radius 2 is 1.86 bits per heavy atom. The van der Waals surface area contributed by atoms with Crippen molar-refractivity contribution in [2.45, 2.75) is 20.3 Å². The van der Waals surface area contributed by atoms with Crippen molar-refractivity contribution in [3.8, 4) is 0 Å². The first-order valence-electron chi connectivity index (χ1n) is 5.18. The molecule has 0 aliphatic carbocycles. The van der Waals surface area contributed by atoms with Gasteiger partial charge in [0.05, 0.1) is 5.75 Å². The lowest BCUT2D eigenvalue weighted by atomic mass is 10.4. The summed E-state index contributed by atoms with van der Waals surface area (Å²) in [5.41, 5.74) is 5.39. The highest BCUT2D eigenvalue weighted by Gasteiger charge is 2.09. The zero-order valence-electron chi connectivity index (χ0n) is 9.20. The fraction of sp³-hybridized carbons (Fsp3) is 1.00. The molecule has 0 saturated heterocycles.